The summed E-state index contributed by atoms with van der Waals surface area (Å²) in [6, 6.07) is 7.44. The fourth-order valence-corrected chi connectivity index (χ4v) is 2.60. The first-order valence-corrected chi connectivity index (χ1v) is 7.07. The standard InChI is InChI=1S/C16H18ClNO3/c1-10-7-13(15(19)9-17)11(2)18(10)14-6-5-12(20-3)8-16(14)21-4/h5-8H,9H2,1-4H3. The summed E-state index contributed by atoms with van der Waals surface area (Å²) in [7, 11) is 3.22. The molecule has 0 aliphatic heterocycles. The topological polar surface area (TPSA) is 40.5 Å². The van der Waals surface area contributed by atoms with E-state index in [1.165, 1.54) is 0 Å². The monoisotopic (exact) mass is 307 g/mol. The minimum absolute atomic E-state index is 0.0238. The molecule has 21 heavy (non-hydrogen) atoms. The van der Waals surface area contributed by atoms with Crippen molar-refractivity contribution in [2.75, 3.05) is 20.1 Å². The van der Waals surface area contributed by atoms with Crippen LogP contribution in [0.25, 0.3) is 5.69 Å². The number of carbonyl (C=O) groups excluding carboxylic acids is 1. The number of methoxy groups -OCH3 is 2. The maximum Gasteiger partial charge on any atom is 0.179 e. The highest BCUT2D eigenvalue weighted by molar-refractivity contribution is 6.30. The minimum atomic E-state index is -0.0801. The van der Waals surface area contributed by atoms with Crippen LogP contribution >= 0.6 is 11.6 Å². The molecular weight excluding hydrogens is 290 g/mol. The first-order valence-electron chi connectivity index (χ1n) is 6.54. The van der Waals surface area contributed by atoms with Gasteiger partial charge in [-0.15, -0.1) is 11.6 Å². The van der Waals surface area contributed by atoms with Gasteiger partial charge >= 0.3 is 0 Å². The van der Waals surface area contributed by atoms with Crippen LogP contribution in [0.5, 0.6) is 11.5 Å². The summed E-state index contributed by atoms with van der Waals surface area (Å²) in [6.07, 6.45) is 0. The number of benzene rings is 1. The van der Waals surface area contributed by atoms with E-state index in [1.54, 1.807) is 14.2 Å². The lowest BCUT2D eigenvalue weighted by Gasteiger charge is -2.15. The van der Waals surface area contributed by atoms with Gasteiger partial charge in [0.05, 0.1) is 25.8 Å². The molecule has 1 aromatic heterocycles. The van der Waals surface area contributed by atoms with Crippen molar-refractivity contribution < 1.29 is 14.3 Å². The highest BCUT2D eigenvalue weighted by Crippen LogP contribution is 2.31. The van der Waals surface area contributed by atoms with E-state index in [0.717, 1.165) is 22.8 Å². The van der Waals surface area contributed by atoms with E-state index in [4.69, 9.17) is 21.1 Å². The Labute approximate surface area is 129 Å². The molecule has 0 spiro atoms. The molecule has 112 valence electrons. The first kappa shape index (κ1) is 15.4. The van der Waals surface area contributed by atoms with Crippen molar-refractivity contribution in [3.05, 3.63) is 41.2 Å². The molecule has 0 N–H and O–H groups in total. The van der Waals surface area contributed by atoms with Gasteiger partial charge in [-0.05, 0) is 32.0 Å². The van der Waals surface area contributed by atoms with Crippen molar-refractivity contribution in [1.29, 1.82) is 0 Å². The summed E-state index contributed by atoms with van der Waals surface area (Å²) in [6.45, 7) is 3.85. The molecule has 0 bridgehead atoms. The maximum atomic E-state index is 11.9. The number of rotatable bonds is 5. The Morgan fingerprint density at radius 1 is 1.19 bits per heavy atom. The van der Waals surface area contributed by atoms with Gasteiger partial charge in [-0.25, -0.2) is 0 Å². The Balaban J connectivity index is 2.62. The van der Waals surface area contributed by atoms with Gasteiger partial charge in [0, 0.05) is 23.0 Å². The average Bonchev–Trinajstić information content (AvgIpc) is 2.80. The van der Waals surface area contributed by atoms with Crippen LogP contribution in [0.2, 0.25) is 0 Å². The molecule has 4 nitrogen and oxygen atoms in total. The molecule has 1 aromatic carbocycles. The number of hydrogen-bond donors (Lipinski definition) is 0. The molecule has 0 saturated carbocycles. The molecule has 0 aliphatic rings. The van der Waals surface area contributed by atoms with E-state index < -0.39 is 0 Å². The first-order chi connectivity index (χ1) is 10.0. The van der Waals surface area contributed by atoms with Gasteiger partial charge in [-0.3, -0.25) is 4.79 Å². The van der Waals surface area contributed by atoms with Gasteiger partial charge in [0.1, 0.15) is 11.5 Å². The van der Waals surface area contributed by atoms with E-state index in [2.05, 4.69) is 0 Å². The third kappa shape index (κ3) is 2.76. The Morgan fingerprint density at radius 2 is 1.90 bits per heavy atom. The molecule has 0 unspecified atom stereocenters. The number of halogens is 1. The minimum Gasteiger partial charge on any atom is -0.497 e. The summed E-state index contributed by atoms with van der Waals surface area (Å²) in [4.78, 5) is 11.9. The predicted molar refractivity (Wildman–Crippen MR) is 83.4 cm³/mol. The van der Waals surface area contributed by atoms with Crippen molar-refractivity contribution in [1.82, 2.24) is 4.57 Å². The van der Waals surface area contributed by atoms with Crippen molar-refractivity contribution >= 4 is 17.4 Å². The number of ether oxygens (including phenoxy) is 2. The molecule has 2 aromatic rings. The van der Waals surface area contributed by atoms with Crippen LogP contribution in [0.4, 0.5) is 0 Å². The number of nitrogens with zero attached hydrogens (tertiary/aromatic N) is 1. The zero-order chi connectivity index (χ0) is 15.6. The molecule has 0 amide bonds. The van der Waals surface area contributed by atoms with E-state index >= 15 is 0 Å². The number of ketones is 1. The SMILES string of the molecule is COc1ccc(-n2c(C)cc(C(=O)CCl)c2C)c(OC)c1. The largest absolute Gasteiger partial charge is 0.497 e. The Hall–Kier alpha value is -1.94. The van der Waals surface area contributed by atoms with E-state index in [9.17, 15) is 4.79 Å². The van der Waals surface area contributed by atoms with Crippen molar-refractivity contribution in [2.45, 2.75) is 13.8 Å². The number of Topliss-reactive ketones (excluding diaryl/α,β-unsaturated/α-hetero) is 1. The molecule has 0 aliphatic carbocycles. The highest BCUT2D eigenvalue weighted by Gasteiger charge is 2.18. The molecule has 0 fully saturated rings. The molecule has 1 heterocycles. The number of aryl methyl sites for hydroxylation is 1. The second-order valence-electron chi connectivity index (χ2n) is 4.71. The van der Waals surface area contributed by atoms with Crippen LogP contribution in [0.3, 0.4) is 0 Å². The maximum absolute atomic E-state index is 11.9. The van der Waals surface area contributed by atoms with Crippen LogP contribution in [0, 0.1) is 13.8 Å². The van der Waals surface area contributed by atoms with Crippen LogP contribution in [-0.4, -0.2) is 30.4 Å². The summed E-state index contributed by atoms with van der Waals surface area (Å²) in [5, 5.41) is 0. The van der Waals surface area contributed by atoms with Gasteiger partial charge < -0.3 is 14.0 Å². The number of carbonyl (C=O) groups is 1. The number of aromatic nitrogens is 1. The van der Waals surface area contributed by atoms with Crippen LogP contribution in [0.1, 0.15) is 21.7 Å². The second-order valence-corrected chi connectivity index (χ2v) is 4.98. The quantitative estimate of drug-likeness (QED) is 0.626. The normalized spacial score (nSPS) is 10.5. The van der Waals surface area contributed by atoms with Crippen molar-refractivity contribution in [2.24, 2.45) is 0 Å². The molecule has 5 heteroatoms. The number of alkyl halides is 1. The number of hydrogen-bond acceptors (Lipinski definition) is 3. The fourth-order valence-electron chi connectivity index (χ4n) is 2.46. The zero-order valence-corrected chi connectivity index (χ0v) is 13.3. The van der Waals surface area contributed by atoms with E-state index in [-0.39, 0.29) is 11.7 Å². The van der Waals surface area contributed by atoms with Crippen molar-refractivity contribution in [3.8, 4) is 17.2 Å². The lowest BCUT2D eigenvalue weighted by Crippen LogP contribution is -2.05. The molecule has 0 saturated heterocycles. The zero-order valence-electron chi connectivity index (χ0n) is 12.6. The Bertz CT molecular complexity index is 676. The average molecular weight is 308 g/mol. The van der Waals surface area contributed by atoms with Crippen LogP contribution < -0.4 is 9.47 Å². The summed E-state index contributed by atoms with van der Waals surface area (Å²) >= 11 is 5.66. The Kier molecular flexibility index (Phi) is 4.58. The lowest BCUT2D eigenvalue weighted by molar-refractivity contribution is 0.102. The summed E-state index contributed by atoms with van der Waals surface area (Å²) in [5.74, 6) is 1.30. The molecule has 0 atom stereocenters. The smallest absolute Gasteiger partial charge is 0.179 e. The van der Waals surface area contributed by atoms with Gasteiger partial charge in [-0.1, -0.05) is 0 Å². The second kappa shape index (κ2) is 6.22. The van der Waals surface area contributed by atoms with E-state index in [0.29, 0.717) is 11.3 Å². The third-order valence-corrected chi connectivity index (χ3v) is 3.72. The van der Waals surface area contributed by atoms with Crippen molar-refractivity contribution in [3.63, 3.8) is 0 Å². The van der Waals surface area contributed by atoms with Gasteiger partial charge in [0.15, 0.2) is 5.78 Å². The molecular formula is C16H18ClNO3. The fraction of sp³-hybridized carbons (Fsp3) is 0.312. The third-order valence-electron chi connectivity index (χ3n) is 3.48. The predicted octanol–water partition coefficient (Wildman–Crippen LogP) is 3.53. The van der Waals surface area contributed by atoms with Crippen LogP contribution in [0.15, 0.2) is 24.3 Å². The lowest BCUT2D eigenvalue weighted by atomic mass is 10.2. The van der Waals surface area contributed by atoms with Gasteiger partial charge in [-0.2, -0.15) is 0 Å². The molecule has 0 radical (unpaired) electrons. The summed E-state index contributed by atoms with van der Waals surface area (Å²) < 4.78 is 12.6. The molecule has 2 rings (SSSR count). The summed E-state index contributed by atoms with van der Waals surface area (Å²) in [5.41, 5.74) is 3.30. The highest BCUT2D eigenvalue weighted by atomic mass is 35.5. The van der Waals surface area contributed by atoms with Gasteiger partial charge in [0.25, 0.3) is 0 Å². The van der Waals surface area contributed by atoms with Gasteiger partial charge in [0.2, 0.25) is 0 Å². The van der Waals surface area contributed by atoms with E-state index in [1.807, 2.05) is 42.7 Å². The van der Waals surface area contributed by atoms with Crippen LogP contribution in [-0.2, 0) is 0 Å². The Morgan fingerprint density at radius 3 is 2.48 bits per heavy atom.